The molecule has 24 heavy (non-hydrogen) atoms. The number of rotatable bonds is 6. The summed E-state index contributed by atoms with van der Waals surface area (Å²) in [5.41, 5.74) is 0.920. The van der Waals surface area contributed by atoms with E-state index in [2.05, 4.69) is 19.2 Å². The van der Waals surface area contributed by atoms with E-state index in [9.17, 15) is 14.7 Å². The van der Waals surface area contributed by atoms with Gasteiger partial charge in [0, 0.05) is 12.3 Å². The van der Waals surface area contributed by atoms with Crippen LogP contribution in [-0.2, 0) is 16.0 Å². The average Bonchev–Trinajstić information content (AvgIpc) is 2.55. The first-order chi connectivity index (χ1) is 11.0. The van der Waals surface area contributed by atoms with Crippen LogP contribution < -0.4 is 5.32 Å². The summed E-state index contributed by atoms with van der Waals surface area (Å²) in [6.07, 6.45) is 4.18. The lowest BCUT2D eigenvalue weighted by Gasteiger charge is -2.30. The number of carbonyl (C=O) groups is 2. The van der Waals surface area contributed by atoms with E-state index in [1.54, 1.807) is 0 Å². The van der Waals surface area contributed by atoms with Gasteiger partial charge in [-0.2, -0.15) is 0 Å². The molecule has 1 saturated carbocycles. The maximum atomic E-state index is 12.4. The van der Waals surface area contributed by atoms with E-state index >= 15 is 0 Å². The van der Waals surface area contributed by atoms with Crippen LogP contribution in [0.15, 0.2) is 30.3 Å². The highest BCUT2D eigenvalue weighted by Gasteiger charge is 2.30. The lowest BCUT2D eigenvalue weighted by Crippen LogP contribution is -2.45. The van der Waals surface area contributed by atoms with Crippen LogP contribution in [-0.4, -0.2) is 23.0 Å². The number of halogens is 1. The average molecular weight is 354 g/mol. The molecule has 0 spiro atoms. The van der Waals surface area contributed by atoms with E-state index in [0.29, 0.717) is 18.3 Å². The van der Waals surface area contributed by atoms with Gasteiger partial charge >= 0.3 is 5.97 Å². The monoisotopic (exact) mass is 353 g/mol. The topological polar surface area (TPSA) is 66.4 Å². The first-order valence-electron chi connectivity index (χ1n) is 8.54. The number of nitrogens with one attached hydrogen (secondary N) is 1. The van der Waals surface area contributed by atoms with Crippen molar-refractivity contribution in [1.29, 1.82) is 0 Å². The van der Waals surface area contributed by atoms with E-state index in [1.165, 1.54) is 0 Å². The predicted molar refractivity (Wildman–Crippen MR) is 97.2 cm³/mol. The van der Waals surface area contributed by atoms with Gasteiger partial charge in [0.2, 0.25) is 5.91 Å². The van der Waals surface area contributed by atoms with Crippen molar-refractivity contribution in [2.45, 2.75) is 52.0 Å². The summed E-state index contributed by atoms with van der Waals surface area (Å²) >= 11 is 0. The minimum Gasteiger partial charge on any atom is -0.480 e. The summed E-state index contributed by atoms with van der Waals surface area (Å²) in [6, 6.07) is 8.57. The van der Waals surface area contributed by atoms with Crippen LogP contribution in [0.5, 0.6) is 0 Å². The maximum Gasteiger partial charge on any atom is 0.326 e. The summed E-state index contributed by atoms with van der Waals surface area (Å²) in [5, 5.41) is 12.1. The number of benzene rings is 1. The fourth-order valence-electron chi connectivity index (χ4n) is 3.39. The minimum absolute atomic E-state index is 0. The summed E-state index contributed by atoms with van der Waals surface area (Å²) in [5.74, 6) is 0.235. The molecule has 0 aromatic heterocycles. The van der Waals surface area contributed by atoms with Crippen LogP contribution in [0, 0.1) is 17.8 Å². The van der Waals surface area contributed by atoms with Gasteiger partial charge in [-0.25, -0.2) is 4.79 Å². The molecule has 2 rings (SSSR count). The highest BCUT2D eigenvalue weighted by atomic mass is 35.5. The van der Waals surface area contributed by atoms with E-state index < -0.39 is 12.0 Å². The summed E-state index contributed by atoms with van der Waals surface area (Å²) in [4.78, 5) is 23.9. The second-order valence-corrected chi connectivity index (χ2v) is 6.94. The SMILES string of the molecule is CC(C)[C@H]1CC[C@H](C(=O)N[C@H](Cc2ccccc2)C(=O)O)CC1.Cl. The van der Waals surface area contributed by atoms with Crippen LogP contribution >= 0.6 is 12.4 Å². The Morgan fingerprint density at radius 2 is 1.71 bits per heavy atom. The lowest BCUT2D eigenvalue weighted by atomic mass is 9.76. The molecule has 1 amide bonds. The van der Waals surface area contributed by atoms with Crippen molar-refractivity contribution in [2.75, 3.05) is 0 Å². The van der Waals surface area contributed by atoms with Gasteiger partial charge in [0.1, 0.15) is 6.04 Å². The molecule has 0 radical (unpaired) electrons. The quantitative estimate of drug-likeness (QED) is 0.819. The Hall–Kier alpha value is -1.55. The number of aliphatic carboxylic acids is 1. The molecule has 0 aliphatic heterocycles. The van der Waals surface area contributed by atoms with E-state index in [1.807, 2.05) is 30.3 Å². The number of carboxylic acids is 1. The second kappa shape index (κ2) is 9.67. The molecule has 0 unspecified atom stereocenters. The third-order valence-electron chi connectivity index (χ3n) is 4.98. The number of carbonyl (C=O) groups excluding carboxylic acids is 1. The minimum atomic E-state index is -0.974. The Balaban J connectivity index is 0.00000288. The van der Waals surface area contributed by atoms with Crippen LogP contribution in [0.4, 0.5) is 0 Å². The highest BCUT2D eigenvalue weighted by molar-refractivity contribution is 5.85. The Bertz CT molecular complexity index is 525. The van der Waals surface area contributed by atoms with Crippen LogP contribution in [0.2, 0.25) is 0 Å². The van der Waals surface area contributed by atoms with Gasteiger partial charge in [0.05, 0.1) is 0 Å². The predicted octanol–water partition coefficient (Wildman–Crippen LogP) is 3.68. The first-order valence-corrected chi connectivity index (χ1v) is 8.54. The van der Waals surface area contributed by atoms with E-state index in [0.717, 1.165) is 31.2 Å². The van der Waals surface area contributed by atoms with Gasteiger partial charge in [0.15, 0.2) is 0 Å². The molecule has 1 fully saturated rings. The molecule has 1 aliphatic carbocycles. The van der Waals surface area contributed by atoms with Crippen molar-refractivity contribution < 1.29 is 14.7 Å². The summed E-state index contributed by atoms with van der Waals surface area (Å²) in [7, 11) is 0. The number of hydrogen-bond acceptors (Lipinski definition) is 2. The lowest BCUT2D eigenvalue weighted by molar-refractivity contribution is -0.142. The molecule has 0 saturated heterocycles. The van der Waals surface area contributed by atoms with Gasteiger partial charge in [-0.3, -0.25) is 4.79 Å². The van der Waals surface area contributed by atoms with Crippen molar-refractivity contribution in [3.63, 3.8) is 0 Å². The van der Waals surface area contributed by atoms with Gasteiger partial charge in [-0.1, -0.05) is 44.2 Å². The maximum absolute atomic E-state index is 12.4. The molecular weight excluding hydrogens is 326 g/mol. The van der Waals surface area contributed by atoms with Crippen molar-refractivity contribution in [2.24, 2.45) is 17.8 Å². The zero-order valence-electron chi connectivity index (χ0n) is 14.4. The molecule has 134 valence electrons. The fourth-order valence-corrected chi connectivity index (χ4v) is 3.39. The van der Waals surface area contributed by atoms with Crippen LogP contribution in [0.1, 0.15) is 45.1 Å². The zero-order chi connectivity index (χ0) is 16.8. The third kappa shape index (κ3) is 5.82. The number of hydrogen-bond donors (Lipinski definition) is 2. The van der Waals surface area contributed by atoms with Gasteiger partial charge in [0.25, 0.3) is 0 Å². The zero-order valence-corrected chi connectivity index (χ0v) is 15.2. The number of carboxylic acid groups (broad SMARTS) is 1. The smallest absolute Gasteiger partial charge is 0.326 e. The van der Waals surface area contributed by atoms with Gasteiger partial charge < -0.3 is 10.4 Å². The molecule has 5 heteroatoms. The molecular formula is C19H28ClNO3. The van der Waals surface area contributed by atoms with Crippen molar-refractivity contribution in [3.05, 3.63) is 35.9 Å². The standard InChI is InChI=1S/C19H27NO3.ClH/c1-13(2)15-8-10-16(11-9-15)18(21)20-17(19(22)23)12-14-6-4-3-5-7-14;/h3-7,13,15-17H,8-12H2,1-2H3,(H,20,21)(H,22,23);1H/t15-,16-,17-;/m1./s1. The molecule has 4 nitrogen and oxygen atoms in total. The first kappa shape index (κ1) is 20.5. The molecule has 1 aromatic carbocycles. The third-order valence-corrected chi connectivity index (χ3v) is 4.98. The Kier molecular flexibility index (Phi) is 8.26. The second-order valence-electron chi connectivity index (χ2n) is 6.94. The van der Waals surface area contributed by atoms with Crippen LogP contribution in [0.25, 0.3) is 0 Å². The summed E-state index contributed by atoms with van der Waals surface area (Å²) in [6.45, 7) is 4.46. The highest BCUT2D eigenvalue weighted by Crippen LogP contribution is 2.33. The largest absolute Gasteiger partial charge is 0.480 e. The molecule has 0 bridgehead atoms. The Morgan fingerprint density at radius 3 is 2.21 bits per heavy atom. The molecule has 1 aliphatic rings. The van der Waals surface area contributed by atoms with E-state index in [4.69, 9.17) is 0 Å². The van der Waals surface area contributed by atoms with E-state index in [-0.39, 0.29) is 24.2 Å². The van der Waals surface area contributed by atoms with Crippen LogP contribution in [0.3, 0.4) is 0 Å². The van der Waals surface area contributed by atoms with Gasteiger partial charge in [-0.05, 0) is 43.1 Å². The van der Waals surface area contributed by atoms with Crippen molar-refractivity contribution >= 4 is 24.3 Å². The van der Waals surface area contributed by atoms with Gasteiger partial charge in [-0.15, -0.1) is 12.4 Å². The molecule has 1 atom stereocenters. The summed E-state index contributed by atoms with van der Waals surface area (Å²) < 4.78 is 0. The molecule has 2 N–H and O–H groups in total. The normalized spacial score (nSPS) is 21.6. The molecule has 0 heterocycles. The Labute approximate surface area is 150 Å². The van der Waals surface area contributed by atoms with Crippen molar-refractivity contribution in [1.82, 2.24) is 5.32 Å². The number of amides is 1. The fraction of sp³-hybridized carbons (Fsp3) is 0.579. The Morgan fingerprint density at radius 1 is 1.12 bits per heavy atom. The molecule has 1 aromatic rings. The van der Waals surface area contributed by atoms with Crippen molar-refractivity contribution in [3.8, 4) is 0 Å².